The highest BCUT2D eigenvalue weighted by Gasteiger charge is 2.12. The molecule has 0 spiro atoms. The summed E-state index contributed by atoms with van der Waals surface area (Å²) in [6, 6.07) is 13.5. The van der Waals surface area contributed by atoms with E-state index in [4.69, 9.17) is 4.74 Å². The molecule has 2 aromatic carbocycles. The molecule has 7 heteroatoms. The molecule has 0 heterocycles. The second-order valence-corrected chi connectivity index (χ2v) is 7.00. The number of hydrogen-bond donors (Lipinski definition) is 2. The van der Waals surface area contributed by atoms with E-state index in [-0.39, 0.29) is 10.8 Å². The highest BCUT2D eigenvalue weighted by molar-refractivity contribution is 7.89. The van der Waals surface area contributed by atoms with Gasteiger partial charge in [0.1, 0.15) is 0 Å². The van der Waals surface area contributed by atoms with E-state index >= 15 is 0 Å². The summed E-state index contributed by atoms with van der Waals surface area (Å²) in [5.74, 6) is -0.268. The van der Waals surface area contributed by atoms with Crippen molar-refractivity contribution in [2.75, 3.05) is 14.2 Å². The van der Waals surface area contributed by atoms with Crippen LogP contribution in [0.4, 0.5) is 0 Å². The fourth-order valence-electron chi connectivity index (χ4n) is 2.21. The summed E-state index contributed by atoms with van der Waals surface area (Å²) in [5, 5.41) is 2.83. The van der Waals surface area contributed by atoms with Crippen LogP contribution in [0.1, 0.15) is 21.5 Å². The topological polar surface area (TPSA) is 84.5 Å². The SMILES string of the molecule is CNS(=O)(=O)c1ccc(C(=O)NCc2ccccc2COC)cc1. The Balaban J connectivity index is 2.06. The zero-order valence-corrected chi connectivity index (χ0v) is 14.4. The van der Waals surface area contributed by atoms with Gasteiger partial charge >= 0.3 is 0 Å². The number of amides is 1. The fourth-order valence-corrected chi connectivity index (χ4v) is 2.94. The second kappa shape index (κ2) is 8.05. The first-order valence-corrected chi connectivity index (χ1v) is 8.84. The number of benzene rings is 2. The van der Waals surface area contributed by atoms with E-state index in [0.29, 0.717) is 18.7 Å². The Labute approximate surface area is 141 Å². The summed E-state index contributed by atoms with van der Waals surface area (Å²) in [6.45, 7) is 0.845. The fraction of sp³-hybridized carbons (Fsp3) is 0.235. The van der Waals surface area contributed by atoms with Crippen LogP contribution in [0.5, 0.6) is 0 Å². The van der Waals surface area contributed by atoms with E-state index in [1.54, 1.807) is 7.11 Å². The maximum absolute atomic E-state index is 12.2. The van der Waals surface area contributed by atoms with Gasteiger partial charge in [-0.25, -0.2) is 13.1 Å². The Hall–Kier alpha value is -2.22. The molecule has 0 saturated heterocycles. The van der Waals surface area contributed by atoms with Gasteiger partial charge in [0.25, 0.3) is 5.91 Å². The first kappa shape index (κ1) is 18.1. The van der Waals surface area contributed by atoms with Crippen LogP contribution in [0, 0.1) is 0 Å². The van der Waals surface area contributed by atoms with Crippen molar-refractivity contribution >= 4 is 15.9 Å². The van der Waals surface area contributed by atoms with Gasteiger partial charge in [0.05, 0.1) is 11.5 Å². The summed E-state index contributed by atoms with van der Waals surface area (Å²) in [5.41, 5.74) is 2.38. The van der Waals surface area contributed by atoms with E-state index in [2.05, 4.69) is 10.0 Å². The van der Waals surface area contributed by atoms with E-state index in [1.807, 2.05) is 24.3 Å². The lowest BCUT2D eigenvalue weighted by atomic mass is 10.1. The number of nitrogens with one attached hydrogen (secondary N) is 2. The summed E-state index contributed by atoms with van der Waals surface area (Å²) in [6.07, 6.45) is 0. The Bertz CT molecular complexity index is 802. The van der Waals surface area contributed by atoms with Gasteiger partial charge in [0.2, 0.25) is 10.0 Å². The maximum atomic E-state index is 12.2. The molecule has 0 fully saturated rings. The number of hydrogen-bond acceptors (Lipinski definition) is 4. The molecule has 0 radical (unpaired) electrons. The van der Waals surface area contributed by atoms with Crippen molar-refractivity contribution in [3.8, 4) is 0 Å². The van der Waals surface area contributed by atoms with Crippen molar-refractivity contribution in [1.29, 1.82) is 0 Å². The molecule has 0 aliphatic rings. The predicted octanol–water partition coefficient (Wildman–Crippen LogP) is 1.67. The van der Waals surface area contributed by atoms with Crippen LogP contribution in [-0.4, -0.2) is 28.5 Å². The van der Waals surface area contributed by atoms with Gasteiger partial charge in [-0.2, -0.15) is 0 Å². The molecular formula is C17H20N2O4S. The van der Waals surface area contributed by atoms with Crippen LogP contribution in [0.25, 0.3) is 0 Å². The Kier molecular flexibility index (Phi) is 6.08. The lowest BCUT2D eigenvalue weighted by molar-refractivity contribution is 0.0950. The molecule has 0 aromatic heterocycles. The molecule has 128 valence electrons. The minimum absolute atomic E-state index is 0.118. The highest BCUT2D eigenvalue weighted by atomic mass is 32.2. The Morgan fingerprint density at radius 2 is 1.67 bits per heavy atom. The molecule has 0 unspecified atom stereocenters. The van der Waals surface area contributed by atoms with Crippen molar-refractivity contribution in [2.45, 2.75) is 18.0 Å². The average Bonchev–Trinajstić information content (AvgIpc) is 2.61. The predicted molar refractivity (Wildman–Crippen MR) is 91.0 cm³/mol. The molecule has 0 atom stereocenters. The lowest BCUT2D eigenvalue weighted by Crippen LogP contribution is -2.24. The van der Waals surface area contributed by atoms with Gasteiger partial charge < -0.3 is 10.1 Å². The smallest absolute Gasteiger partial charge is 0.251 e. The van der Waals surface area contributed by atoms with Crippen LogP contribution in [-0.2, 0) is 27.9 Å². The normalized spacial score (nSPS) is 11.2. The maximum Gasteiger partial charge on any atom is 0.251 e. The van der Waals surface area contributed by atoms with Gasteiger partial charge in [-0.3, -0.25) is 4.79 Å². The molecule has 0 bridgehead atoms. The van der Waals surface area contributed by atoms with E-state index in [1.165, 1.54) is 31.3 Å². The first-order chi connectivity index (χ1) is 11.5. The third-order valence-electron chi connectivity index (χ3n) is 3.55. The van der Waals surface area contributed by atoms with Crippen LogP contribution in [0.15, 0.2) is 53.4 Å². The standard InChI is InChI=1S/C17H20N2O4S/c1-18-24(21,22)16-9-7-13(8-10-16)17(20)19-11-14-5-3-4-6-15(14)12-23-2/h3-10,18H,11-12H2,1-2H3,(H,19,20). The Morgan fingerprint density at radius 3 is 2.25 bits per heavy atom. The number of carbonyl (C=O) groups excluding carboxylic acids is 1. The molecule has 2 N–H and O–H groups in total. The van der Waals surface area contributed by atoms with Crippen molar-refractivity contribution in [2.24, 2.45) is 0 Å². The second-order valence-electron chi connectivity index (χ2n) is 5.12. The molecule has 6 nitrogen and oxygen atoms in total. The van der Waals surface area contributed by atoms with Crippen LogP contribution in [0.3, 0.4) is 0 Å². The van der Waals surface area contributed by atoms with Gasteiger partial charge in [0, 0.05) is 19.2 Å². The molecule has 2 aromatic rings. The molecular weight excluding hydrogens is 328 g/mol. The van der Waals surface area contributed by atoms with Gasteiger partial charge in [0.15, 0.2) is 0 Å². The van der Waals surface area contributed by atoms with Crippen LogP contribution < -0.4 is 10.0 Å². The van der Waals surface area contributed by atoms with Gasteiger partial charge in [-0.15, -0.1) is 0 Å². The number of methoxy groups -OCH3 is 1. The quantitative estimate of drug-likeness (QED) is 0.797. The minimum atomic E-state index is -3.50. The van der Waals surface area contributed by atoms with Crippen molar-refractivity contribution in [3.05, 3.63) is 65.2 Å². The van der Waals surface area contributed by atoms with Crippen molar-refractivity contribution < 1.29 is 17.9 Å². The molecule has 24 heavy (non-hydrogen) atoms. The van der Waals surface area contributed by atoms with Gasteiger partial charge in [-0.05, 0) is 42.4 Å². The lowest BCUT2D eigenvalue weighted by Gasteiger charge is -2.10. The van der Waals surface area contributed by atoms with Gasteiger partial charge in [-0.1, -0.05) is 24.3 Å². The van der Waals surface area contributed by atoms with Crippen molar-refractivity contribution in [3.63, 3.8) is 0 Å². The monoisotopic (exact) mass is 348 g/mol. The summed E-state index contributed by atoms with van der Waals surface area (Å²) in [7, 11) is -0.542. The summed E-state index contributed by atoms with van der Waals surface area (Å²) < 4.78 is 30.7. The molecule has 0 saturated carbocycles. The zero-order chi connectivity index (χ0) is 17.6. The molecule has 0 aliphatic heterocycles. The average molecular weight is 348 g/mol. The third-order valence-corrected chi connectivity index (χ3v) is 4.98. The number of ether oxygens (including phenoxy) is 1. The molecule has 0 aliphatic carbocycles. The van der Waals surface area contributed by atoms with E-state index in [9.17, 15) is 13.2 Å². The number of carbonyl (C=O) groups is 1. The summed E-state index contributed by atoms with van der Waals surface area (Å²) >= 11 is 0. The summed E-state index contributed by atoms with van der Waals surface area (Å²) in [4.78, 5) is 12.3. The first-order valence-electron chi connectivity index (χ1n) is 7.35. The van der Waals surface area contributed by atoms with E-state index in [0.717, 1.165) is 11.1 Å². The van der Waals surface area contributed by atoms with Crippen LogP contribution >= 0.6 is 0 Å². The molecule has 1 amide bonds. The Morgan fingerprint density at radius 1 is 1.04 bits per heavy atom. The largest absolute Gasteiger partial charge is 0.380 e. The van der Waals surface area contributed by atoms with E-state index < -0.39 is 10.0 Å². The minimum Gasteiger partial charge on any atom is -0.380 e. The van der Waals surface area contributed by atoms with Crippen LogP contribution in [0.2, 0.25) is 0 Å². The number of rotatable bonds is 7. The highest BCUT2D eigenvalue weighted by Crippen LogP contribution is 2.12. The third kappa shape index (κ3) is 4.41. The molecule has 2 rings (SSSR count). The zero-order valence-electron chi connectivity index (χ0n) is 13.6. The number of sulfonamides is 1. The van der Waals surface area contributed by atoms with Crippen molar-refractivity contribution in [1.82, 2.24) is 10.0 Å².